The molecule has 0 atom stereocenters. The van der Waals surface area contributed by atoms with Gasteiger partial charge in [-0.3, -0.25) is 4.79 Å². The molecule has 0 radical (unpaired) electrons. The molecule has 0 amide bonds. The number of carbonyl (C=O) groups is 1. The van der Waals surface area contributed by atoms with E-state index in [0.717, 1.165) is 11.0 Å². The normalized spacial score (nSPS) is 11.0. The van der Waals surface area contributed by atoms with Gasteiger partial charge in [0.2, 0.25) is 5.43 Å². The number of carbonyl (C=O) groups excluding carboxylic acids is 1. The summed E-state index contributed by atoms with van der Waals surface area (Å²) in [5.41, 5.74) is -0.697. The van der Waals surface area contributed by atoms with E-state index in [1.165, 1.54) is 11.8 Å². The van der Waals surface area contributed by atoms with Crippen molar-refractivity contribution in [3.8, 4) is 0 Å². The second-order valence-electron chi connectivity index (χ2n) is 5.77. The summed E-state index contributed by atoms with van der Waals surface area (Å²) < 4.78 is 34.7. The highest BCUT2D eigenvalue weighted by Crippen LogP contribution is 2.35. The van der Waals surface area contributed by atoms with Crippen molar-refractivity contribution >= 4 is 44.6 Å². The molecule has 0 bridgehead atoms. The average Bonchev–Trinajstić information content (AvgIpc) is 2.68. The van der Waals surface area contributed by atoms with Crippen LogP contribution in [0.1, 0.15) is 24.2 Å². The van der Waals surface area contributed by atoms with Crippen molar-refractivity contribution in [1.82, 2.24) is 4.57 Å². The molecule has 28 heavy (non-hydrogen) atoms. The van der Waals surface area contributed by atoms with Crippen LogP contribution >= 0.6 is 27.7 Å². The van der Waals surface area contributed by atoms with E-state index in [1.54, 1.807) is 18.4 Å². The Labute approximate surface area is 172 Å². The lowest BCUT2D eigenvalue weighted by atomic mass is 10.1. The number of pyridine rings is 1. The van der Waals surface area contributed by atoms with Crippen LogP contribution in [-0.2, 0) is 11.3 Å². The summed E-state index contributed by atoms with van der Waals surface area (Å²) in [6, 6.07) is 9.98. The number of benzene rings is 2. The summed E-state index contributed by atoms with van der Waals surface area (Å²) in [6.07, 6.45) is 0. The Morgan fingerprint density at radius 2 is 1.89 bits per heavy atom. The lowest BCUT2D eigenvalue weighted by molar-refractivity contribution is 0.0519. The van der Waals surface area contributed by atoms with E-state index < -0.39 is 23.0 Å². The summed E-state index contributed by atoms with van der Waals surface area (Å²) in [7, 11) is 0. The zero-order chi connectivity index (χ0) is 20.4. The van der Waals surface area contributed by atoms with Crippen molar-refractivity contribution in [2.45, 2.75) is 30.3 Å². The van der Waals surface area contributed by atoms with Gasteiger partial charge in [0.15, 0.2) is 11.6 Å². The van der Waals surface area contributed by atoms with Gasteiger partial charge in [-0.05, 0) is 48.0 Å². The Kier molecular flexibility index (Phi) is 6.20. The zero-order valence-corrected chi connectivity index (χ0v) is 17.5. The van der Waals surface area contributed by atoms with Crippen molar-refractivity contribution in [3.63, 3.8) is 0 Å². The second kappa shape index (κ2) is 8.45. The molecule has 4 nitrogen and oxygen atoms in total. The molecule has 0 unspecified atom stereocenters. The first-order valence-electron chi connectivity index (χ1n) is 8.54. The fourth-order valence-electron chi connectivity index (χ4n) is 2.88. The third-order valence-corrected chi connectivity index (χ3v) is 5.94. The maximum absolute atomic E-state index is 14.2. The van der Waals surface area contributed by atoms with Gasteiger partial charge in [-0.15, -0.1) is 0 Å². The molecule has 0 aliphatic heterocycles. The molecule has 0 saturated carbocycles. The summed E-state index contributed by atoms with van der Waals surface area (Å²) in [6.45, 7) is 3.83. The molecule has 0 aliphatic carbocycles. The van der Waals surface area contributed by atoms with Gasteiger partial charge in [-0.2, -0.15) is 0 Å². The van der Waals surface area contributed by atoms with E-state index >= 15 is 0 Å². The highest BCUT2D eigenvalue weighted by Gasteiger charge is 2.27. The van der Waals surface area contributed by atoms with Crippen LogP contribution in [0.2, 0.25) is 0 Å². The van der Waals surface area contributed by atoms with Crippen molar-refractivity contribution in [3.05, 3.63) is 68.3 Å². The lowest BCUT2D eigenvalue weighted by Crippen LogP contribution is -2.24. The summed E-state index contributed by atoms with van der Waals surface area (Å²) in [5, 5.41) is 0.226. The minimum atomic E-state index is -1.17. The Bertz CT molecular complexity index is 1120. The van der Waals surface area contributed by atoms with Gasteiger partial charge in [0.05, 0.1) is 27.0 Å². The number of esters is 1. The van der Waals surface area contributed by atoms with Crippen LogP contribution in [0.4, 0.5) is 8.78 Å². The predicted molar refractivity (Wildman–Crippen MR) is 108 cm³/mol. The minimum Gasteiger partial charge on any atom is -0.462 e. The van der Waals surface area contributed by atoms with Crippen LogP contribution in [0.3, 0.4) is 0 Å². The van der Waals surface area contributed by atoms with Crippen LogP contribution in [-0.4, -0.2) is 17.1 Å². The van der Waals surface area contributed by atoms with Crippen LogP contribution in [0.15, 0.2) is 55.6 Å². The second-order valence-corrected chi connectivity index (χ2v) is 7.63. The molecule has 0 N–H and O–H groups in total. The maximum Gasteiger partial charge on any atom is 0.344 e. The standard InChI is InChI=1S/C20H16BrF2NO3S/c1-3-24-17-12(10-13(22)16(23)15(17)21)18(25)14(20(26)27-4-2)19(24)28-11-8-6-5-7-9-11/h5-10H,3-4H2,1-2H3. The van der Waals surface area contributed by atoms with Crippen LogP contribution in [0.25, 0.3) is 10.9 Å². The zero-order valence-electron chi connectivity index (χ0n) is 15.1. The Hall–Kier alpha value is -2.19. The molecular weight excluding hydrogens is 452 g/mol. The van der Waals surface area contributed by atoms with E-state index in [0.29, 0.717) is 11.6 Å². The van der Waals surface area contributed by atoms with Gasteiger partial charge in [-0.1, -0.05) is 30.0 Å². The van der Waals surface area contributed by atoms with Crippen molar-refractivity contribution in [1.29, 1.82) is 0 Å². The van der Waals surface area contributed by atoms with Crippen molar-refractivity contribution in [2.24, 2.45) is 0 Å². The smallest absolute Gasteiger partial charge is 0.344 e. The van der Waals surface area contributed by atoms with E-state index in [9.17, 15) is 18.4 Å². The molecule has 0 aliphatic rings. The number of rotatable bonds is 5. The lowest BCUT2D eigenvalue weighted by Gasteiger charge is -2.19. The van der Waals surface area contributed by atoms with Gasteiger partial charge >= 0.3 is 5.97 Å². The first-order valence-corrected chi connectivity index (χ1v) is 10.2. The number of hydrogen-bond donors (Lipinski definition) is 0. The summed E-state index contributed by atoms with van der Waals surface area (Å²) >= 11 is 4.26. The van der Waals surface area contributed by atoms with Crippen LogP contribution in [0, 0.1) is 11.6 Å². The average molecular weight is 468 g/mol. The molecule has 0 spiro atoms. The number of nitrogens with zero attached hydrogens (tertiary/aromatic N) is 1. The molecule has 1 heterocycles. The maximum atomic E-state index is 14.2. The predicted octanol–water partition coefficient (Wildman–Crippen LogP) is 5.39. The molecule has 0 saturated heterocycles. The Balaban J connectivity index is 2.44. The van der Waals surface area contributed by atoms with Gasteiger partial charge in [0.25, 0.3) is 0 Å². The number of halogens is 3. The van der Waals surface area contributed by atoms with E-state index in [4.69, 9.17) is 4.74 Å². The number of ether oxygens (including phenoxy) is 1. The fraction of sp³-hybridized carbons (Fsp3) is 0.200. The van der Waals surface area contributed by atoms with E-state index in [1.807, 2.05) is 30.3 Å². The van der Waals surface area contributed by atoms with Crippen molar-refractivity contribution in [2.75, 3.05) is 6.61 Å². The van der Waals surface area contributed by atoms with Crippen LogP contribution < -0.4 is 5.43 Å². The fourth-order valence-corrected chi connectivity index (χ4v) is 4.62. The van der Waals surface area contributed by atoms with Gasteiger partial charge < -0.3 is 9.30 Å². The van der Waals surface area contributed by atoms with E-state index in [-0.39, 0.29) is 27.5 Å². The molecule has 3 aromatic rings. The molecule has 3 rings (SSSR count). The molecule has 2 aromatic carbocycles. The molecule has 8 heteroatoms. The van der Waals surface area contributed by atoms with Gasteiger partial charge in [0.1, 0.15) is 5.56 Å². The largest absolute Gasteiger partial charge is 0.462 e. The highest BCUT2D eigenvalue weighted by atomic mass is 79.9. The van der Waals surface area contributed by atoms with Crippen LogP contribution in [0.5, 0.6) is 0 Å². The Morgan fingerprint density at radius 3 is 2.50 bits per heavy atom. The molecule has 0 fully saturated rings. The molecule has 1 aromatic heterocycles. The van der Waals surface area contributed by atoms with Crippen molar-refractivity contribution < 1.29 is 18.3 Å². The topological polar surface area (TPSA) is 48.3 Å². The number of aryl methyl sites for hydroxylation is 1. The first-order chi connectivity index (χ1) is 13.4. The number of fused-ring (bicyclic) bond motifs is 1. The quantitative estimate of drug-likeness (QED) is 0.372. The third kappa shape index (κ3) is 3.58. The minimum absolute atomic E-state index is 0.0827. The van der Waals surface area contributed by atoms with Gasteiger partial charge in [-0.25, -0.2) is 13.6 Å². The number of aromatic nitrogens is 1. The molecule has 146 valence electrons. The third-order valence-electron chi connectivity index (χ3n) is 4.09. The number of hydrogen-bond acceptors (Lipinski definition) is 4. The molecular formula is C20H16BrF2NO3S. The summed E-state index contributed by atoms with van der Waals surface area (Å²) in [5.74, 6) is -3.05. The monoisotopic (exact) mass is 467 g/mol. The van der Waals surface area contributed by atoms with Gasteiger partial charge in [0, 0.05) is 11.4 Å². The highest BCUT2D eigenvalue weighted by molar-refractivity contribution is 9.10. The SMILES string of the molecule is CCOC(=O)c1c(Sc2ccccc2)n(CC)c2c(Br)c(F)c(F)cc2c1=O. The van der Waals surface area contributed by atoms with E-state index in [2.05, 4.69) is 15.9 Å². The summed E-state index contributed by atoms with van der Waals surface area (Å²) in [4.78, 5) is 26.5. The first kappa shape index (κ1) is 20.5. The Morgan fingerprint density at radius 1 is 1.21 bits per heavy atom.